The largest absolute Gasteiger partial charge is 0.302 e. The number of rotatable bonds is 6. The van der Waals surface area contributed by atoms with E-state index in [1.807, 2.05) is 0 Å². The zero-order valence-electron chi connectivity index (χ0n) is 20.6. The summed E-state index contributed by atoms with van der Waals surface area (Å²) in [6.07, 6.45) is 3.98. The van der Waals surface area contributed by atoms with Crippen LogP contribution < -0.4 is 10.6 Å². The van der Waals surface area contributed by atoms with Crippen LogP contribution in [0, 0.1) is 33.6 Å². The van der Waals surface area contributed by atoms with Crippen LogP contribution >= 0.6 is 7.92 Å². The molecule has 0 aromatic heterocycles. The van der Waals surface area contributed by atoms with Crippen molar-refractivity contribution < 1.29 is 0 Å². The maximum Gasteiger partial charge on any atom is 0.0376 e. The van der Waals surface area contributed by atoms with E-state index >= 15 is 0 Å². The van der Waals surface area contributed by atoms with Crippen molar-refractivity contribution in [3.05, 3.63) is 94.5 Å². The summed E-state index contributed by atoms with van der Waals surface area (Å²) in [4.78, 5) is 2.47. The maximum atomic E-state index is 2.47. The van der Waals surface area contributed by atoms with Crippen LogP contribution in [0.5, 0.6) is 0 Å². The molecule has 2 unspecified atom stereocenters. The van der Waals surface area contributed by atoms with E-state index in [1.165, 1.54) is 47.1 Å². The van der Waals surface area contributed by atoms with E-state index < -0.39 is 7.92 Å². The topological polar surface area (TPSA) is 3.24 Å². The Hall–Kier alpha value is -1.95. The highest BCUT2D eigenvalue weighted by atomic mass is 31.1. The molecule has 2 heteroatoms. The van der Waals surface area contributed by atoms with Gasteiger partial charge in [0.25, 0.3) is 0 Å². The minimum atomic E-state index is -0.430. The maximum absolute atomic E-state index is 2.47. The van der Waals surface area contributed by atoms with Crippen molar-refractivity contribution in [2.75, 3.05) is 14.1 Å². The number of benzene rings is 3. The smallest absolute Gasteiger partial charge is 0.0376 e. The van der Waals surface area contributed by atoms with Crippen LogP contribution in [0.4, 0.5) is 0 Å². The van der Waals surface area contributed by atoms with Crippen molar-refractivity contribution in [1.29, 1.82) is 0 Å². The molecule has 1 aliphatic carbocycles. The summed E-state index contributed by atoms with van der Waals surface area (Å²) >= 11 is 0. The average molecular weight is 444 g/mol. The predicted octanol–water partition coefficient (Wildman–Crippen LogP) is 6.82. The van der Waals surface area contributed by atoms with Gasteiger partial charge in [-0.05, 0) is 90.3 Å². The Bertz CT molecular complexity index is 964. The Morgan fingerprint density at radius 3 is 1.69 bits per heavy atom. The van der Waals surface area contributed by atoms with Crippen LogP contribution in [0.1, 0.15) is 53.1 Å². The summed E-state index contributed by atoms with van der Waals surface area (Å²) in [6.45, 7) is 9.02. The summed E-state index contributed by atoms with van der Waals surface area (Å²) in [5.41, 5.74) is 7.71. The van der Waals surface area contributed by atoms with E-state index in [0.29, 0.717) is 17.6 Å². The third kappa shape index (κ3) is 5.00. The van der Waals surface area contributed by atoms with Crippen molar-refractivity contribution in [1.82, 2.24) is 4.90 Å². The lowest BCUT2D eigenvalue weighted by Gasteiger charge is -2.38. The second-order valence-corrected chi connectivity index (χ2v) is 12.5. The molecule has 1 nitrogen and oxygen atoms in total. The molecule has 3 aromatic rings. The van der Waals surface area contributed by atoms with Crippen molar-refractivity contribution in [3.8, 4) is 0 Å². The SMILES string of the molecule is Cc1cc(C)cc(P(c2cc(C)cc(C)c2)C2CCC[C@@H]2C(c2ccccc2)N(C)C)c1. The van der Waals surface area contributed by atoms with Crippen LogP contribution in [0.15, 0.2) is 66.7 Å². The molecule has 0 N–H and O–H groups in total. The predicted molar refractivity (Wildman–Crippen MR) is 142 cm³/mol. The van der Waals surface area contributed by atoms with Gasteiger partial charge in [-0.1, -0.05) is 95.4 Å². The molecular formula is C30H38NP. The molecule has 0 saturated heterocycles. The summed E-state index contributed by atoms with van der Waals surface area (Å²) in [7, 11) is 4.10. The molecule has 1 fully saturated rings. The van der Waals surface area contributed by atoms with Gasteiger partial charge in [-0.15, -0.1) is 0 Å². The monoisotopic (exact) mass is 443 g/mol. The van der Waals surface area contributed by atoms with Crippen LogP contribution in [-0.2, 0) is 0 Å². The number of hydrogen-bond donors (Lipinski definition) is 0. The Labute approximate surface area is 196 Å². The molecule has 3 aromatic carbocycles. The Balaban J connectivity index is 1.84. The average Bonchev–Trinajstić information content (AvgIpc) is 3.16. The van der Waals surface area contributed by atoms with Gasteiger partial charge in [0.1, 0.15) is 0 Å². The first-order valence-electron chi connectivity index (χ1n) is 12.0. The van der Waals surface area contributed by atoms with Crippen molar-refractivity contribution in [3.63, 3.8) is 0 Å². The van der Waals surface area contributed by atoms with Gasteiger partial charge < -0.3 is 4.90 Å². The molecule has 0 heterocycles. The minimum Gasteiger partial charge on any atom is -0.302 e. The van der Waals surface area contributed by atoms with Gasteiger partial charge in [0.15, 0.2) is 0 Å². The second kappa shape index (κ2) is 9.90. The summed E-state index contributed by atoms with van der Waals surface area (Å²) < 4.78 is 0. The van der Waals surface area contributed by atoms with Gasteiger partial charge in [-0.25, -0.2) is 0 Å². The van der Waals surface area contributed by atoms with Crippen LogP contribution in [0.25, 0.3) is 0 Å². The van der Waals surface area contributed by atoms with Gasteiger partial charge >= 0.3 is 0 Å². The molecular weight excluding hydrogens is 405 g/mol. The van der Waals surface area contributed by atoms with Crippen LogP contribution in [-0.4, -0.2) is 24.7 Å². The molecule has 1 aliphatic rings. The third-order valence-corrected chi connectivity index (χ3v) is 9.87. The second-order valence-electron chi connectivity index (χ2n) is 10.0. The van der Waals surface area contributed by atoms with E-state index in [4.69, 9.17) is 0 Å². The highest BCUT2D eigenvalue weighted by Crippen LogP contribution is 2.54. The molecule has 4 rings (SSSR count). The lowest BCUT2D eigenvalue weighted by atomic mass is 9.90. The van der Waals surface area contributed by atoms with Crippen molar-refractivity contribution in [2.24, 2.45) is 5.92 Å². The van der Waals surface area contributed by atoms with E-state index in [0.717, 1.165) is 0 Å². The quantitative estimate of drug-likeness (QED) is 0.378. The van der Waals surface area contributed by atoms with Gasteiger partial charge in [-0.2, -0.15) is 0 Å². The van der Waals surface area contributed by atoms with Gasteiger partial charge in [0.05, 0.1) is 0 Å². The lowest BCUT2D eigenvalue weighted by molar-refractivity contribution is 0.217. The number of nitrogens with zero attached hydrogens (tertiary/aromatic N) is 1. The summed E-state index contributed by atoms with van der Waals surface area (Å²) in [5.74, 6) is 0.667. The van der Waals surface area contributed by atoms with E-state index in [1.54, 1.807) is 10.6 Å². The third-order valence-electron chi connectivity index (χ3n) is 6.94. The fourth-order valence-corrected chi connectivity index (χ4v) is 9.52. The Kier molecular flexibility index (Phi) is 7.18. The highest BCUT2D eigenvalue weighted by Gasteiger charge is 2.41. The summed E-state index contributed by atoms with van der Waals surface area (Å²) in [5, 5.41) is 3.12. The van der Waals surface area contributed by atoms with Gasteiger partial charge in [0.2, 0.25) is 0 Å². The summed E-state index contributed by atoms with van der Waals surface area (Å²) in [6, 6.07) is 26.2. The van der Waals surface area contributed by atoms with Crippen molar-refractivity contribution >= 4 is 18.5 Å². The van der Waals surface area contributed by atoms with Gasteiger partial charge in [0, 0.05) is 6.04 Å². The van der Waals surface area contributed by atoms with Crippen LogP contribution in [0.3, 0.4) is 0 Å². The first-order chi connectivity index (χ1) is 15.3. The number of hydrogen-bond acceptors (Lipinski definition) is 1. The first kappa shape index (κ1) is 23.2. The van der Waals surface area contributed by atoms with Crippen molar-refractivity contribution in [2.45, 2.75) is 58.7 Å². The van der Waals surface area contributed by atoms with E-state index in [9.17, 15) is 0 Å². The molecule has 1 saturated carbocycles. The fourth-order valence-electron chi connectivity index (χ4n) is 5.95. The molecule has 3 atom stereocenters. The Morgan fingerprint density at radius 2 is 1.22 bits per heavy atom. The first-order valence-corrected chi connectivity index (χ1v) is 13.4. The zero-order valence-corrected chi connectivity index (χ0v) is 21.5. The fraction of sp³-hybridized carbons (Fsp3) is 0.400. The Morgan fingerprint density at radius 1 is 0.719 bits per heavy atom. The molecule has 168 valence electrons. The lowest BCUT2D eigenvalue weighted by Crippen LogP contribution is -2.34. The standard InChI is InChI=1S/C30H38NP/c1-21-15-22(2)18-26(17-21)32(27-19-23(3)16-24(4)20-27)29-14-10-13-28(29)30(31(5)6)25-11-8-7-9-12-25/h7-9,11-12,15-20,28-30H,10,13-14H2,1-6H3/t28-,29?,30?/m0/s1. The molecule has 0 spiro atoms. The molecule has 0 radical (unpaired) electrons. The molecule has 0 bridgehead atoms. The minimum absolute atomic E-state index is 0.430. The number of aryl methyl sites for hydroxylation is 4. The molecule has 32 heavy (non-hydrogen) atoms. The zero-order chi connectivity index (χ0) is 22.8. The highest BCUT2D eigenvalue weighted by molar-refractivity contribution is 7.73. The van der Waals surface area contributed by atoms with Crippen LogP contribution in [0.2, 0.25) is 0 Å². The molecule has 0 aliphatic heterocycles. The van der Waals surface area contributed by atoms with E-state index in [-0.39, 0.29) is 0 Å². The normalized spacial score (nSPS) is 19.6. The van der Waals surface area contributed by atoms with E-state index in [2.05, 4.69) is 113 Å². The molecule has 0 amide bonds. The van der Waals surface area contributed by atoms with Gasteiger partial charge in [-0.3, -0.25) is 0 Å².